The Morgan fingerprint density at radius 2 is 1.70 bits per heavy atom. The van der Waals surface area contributed by atoms with E-state index >= 15 is 0 Å². The van der Waals surface area contributed by atoms with Gasteiger partial charge in [-0.3, -0.25) is 14.5 Å². The van der Waals surface area contributed by atoms with Gasteiger partial charge in [-0.25, -0.2) is 0 Å². The number of amides is 2. The highest BCUT2D eigenvalue weighted by atomic mass is 16.3. The smallest absolute Gasteiger partial charge is 0.234 e. The molecule has 4 nitrogen and oxygen atoms in total. The summed E-state index contributed by atoms with van der Waals surface area (Å²) < 4.78 is 0. The Bertz CT molecular complexity index is 553. The Kier molecular flexibility index (Phi) is 3.04. The minimum absolute atomic E-state index is 0.0879. The van der Waals surface area contributed by atoms with Gasteiger partial charge >= 0.3 is 0 Å². The van der Waals surface area contributed by atoms with Crippen LogP contribution in [0.3, 0.4) is 0 Å². The molecule has 1 heterocycles. The molecule has 1 spiro atoms. The van der Waals surface area contributed by atoms with E-state index in [0.29, 0.717) is 24.1 Å². The Morgan fingerprint density at radius 3 is 2.30 bits per heavy atom. The molecule has 0 radical (unpaired) electrons. The third kappa shape index (κ3) is 1.99. The van der Waals surface area contributed by atoms with E-state index in [0.717, 1.165) is 25.7 Å². The highest BCUT2D eigenvalue weighted by Gasteiger charge is 2.45. The lowest BCUT2D eigenvalue weighted by Crippen LogP contribution is -2.47. The molecule has 0 unspecified atom stereocenters. The first-order chi connectivity index (χ1) is 9.52. The standard InChI is InChI=1S/C16H19NO3/c1-11-12(5-4-6-13(11)18)17-14(19)9-16(10-15(17)20)7-2-3-8-16/h4-6,18H,2-3,7-10H2,1H3. The Labute approximate surface area is 118 Å². The predicted octanol–water partition coefficient (Wildman–Crippen LogP) is 2.91. The summed E-state index contributed by atoms with van der Waals surface area (Å²) in [5.41, 5.74) is 1.01. The summed E-state index contributed by atoms with van der Waals surface area (Å²) in [6.07, 6.45) is 5.10. The maximum atomic E-state index is 12.5. The van der Waals surface area contributed by atoms with Gasteiger partial charge in [0.15, 0.2) is 0 Å². The van der Waals surface area contributed by atoms with Gasteiger partial charge in [-0.1, -0.05) is 18.9 Å². The number of phenols is 1. The fourth-order valence-electron chi connectivity index (χ4n) is 3.60. The first kappa shape index (κ1) is 13.2. The molecule has 1 N–H and O–H groups in total. The molecule has 1 aliphatic heterocycles. The summed E-state index contributed by atoms with van der Waals surface area (Å²) in [7, 11) is 0. The maximum absolute atomic E-state index is 12.5. The van der Waals surface area contributed by atoms with E-state index in [2.05, 4.69) is 0 Å². The number of phenolic OH excluding ortho intramolecular Hbond substituents is 1. The Balaban J connectivity index is 1.94. The number of anilines is 1. The van der Waals surface area contributed by atoms with Crippen LogP contribution in [0, 0.1) is 12.3 Å². The van der Waals surface area contributed by atoms with Crippen LogP contribution < -0.4 is 4.90 Å². The normalized spacial score (nSPS) is 21.8. The van der Waals surface area contributed by atoms with Crippen LogP contribution in [0.4, 0.5) is 5.69 Å². The van der Waals surface area contributed by atoms with Crippen molar-refractivity contribution in [3.8, 4) is 5.75 Å². The molecule has 1 saturated carbocycles. The summed E-state index contributed by atoms with van der Waals surface area (Å²) in [5.74, 6) is -0.141. The van der Waals surface area contributed by atoms with Crippen molar-refractivity contribution in [3.63, 3.8) is 0 Å². The molecule has 0 aromatic heterocycles. The number of carbonyl (C=O) groups is 2. The van der Waals surface area contributed by atoms with Crippen molar-refractivity contribution in [2.24, 2.45) is 5.41 Å². The molecule has 4 heteroatoms. The maximum Gasteiger partial charge on any atom is 0.234 e. The zero-order valence-electron chi connectivity index (χ0n) is 11.7. The van der Waals surface area contributed by atoms with Crippen molar-refractivity contribution < 1.29 is 14.7 Å². The third-order valence-corrected chi connectivity index (χ3v) is 4.73. The monoisotopic (exact) mass is 273 g/mol. The molecule has 1 aromatic rings. The average Bonchev–Trinajstić information content (AvgIpc) is 2.81. The van der Waals surface area contributed by atoms with Gasteiger partial charge in [0, 0.05) is 18.4 Å². The molecule has 20 heavy (non-hydrogen) atoms. The number of nitrogens with zero attached hydrogens (tertiary/aromatic N) is 1. The van der Waals surface area contributed by atoms with E-state index in [1.807, 2.05) is 0 Å². The molecular weight excluding hydrogens is 254 g/mol. The predicted molar refractivity (Wildman–Crippen MR) is 75.5 cm³/mol. The second-order valence-electron chi connectivity index (χ2n) is 6.10. The van der Waals surface area contributed by atoms with Gasteiger partial charge in [0.25, 0.3) is 0 Å². The number of imide groups is 1. The number of benzene rings is 1. The van der Waals surface area contributed by atoms with Gasteiger partial charge in [0.2, 0.25) is 11.8 Å². The molecule has 2 aliphatic rings. The third-order valence-electron chi connectivity index (χ3n) is 4.73. The van der Waals surface area contributed by atoms with E-state index in [9.17, 15) is 14.7 Å². The highest BCUT2D eigenvalue weighted by Crippen LogP contribution is 2.48. The molecule has 2 amide bonds. The number of carbonyl (C=O) groups excluding carboxylic acids is 2. The van der Waals surface area contributed by atoms with Crippen molar-refractivity contribution in [1.29, 1.82) is 0 Å². The SMILES string of the molecule is Cc1c(O)cccc1N1C(=O)CC2(CCCC2)CC1=O. The van der Waals surface area contributed by atoms with Crippen LogP contribution in [-0.2, 0) is 9.59 Å². The zero-order chi connectivity index (χ0) is 14.3. The van der Waals surface area contributed by atoms with Gasteiger partial charge in [-0.15, -0.1) is 0 Å². The van der Waals surface area contributed by atoms with Crippen LogP contribution >= 0.6 is 0 Å². The highest BCUT2D eigenvalue weighted by molar-refractivity contribution is 6.17. The number of rotatable bonds is 1. The summed E-state index contributed by atoms with van der Waals surface area (Å²) in [4.78, 5) is 26.2. The van der Waals surface area contributed by atoms with E-state index in [1.165, 1.54) is 4.90 Å². The van der Waals surface area contributed by atoms with Crippen molar-refractivity contribution in [3.05, 3.63) is 23.8 Å². The van der Waals surface area contributed by atoms with Crippen molar-refractivity contribution in [1.82, 2.24) is 0 Å². The van der Waals surface area contributed by atoms with Crippen LogP contribution in [-0.4, -0.2) is 16.9 Å². The molecule has 1 aromatic carbocycles. The average molecular weight is 273 g/mol. The zero-order valence-corrected chi connectivity index (χ0v) is 11.7. The van der Waals surface area contributed by atoms with Crippen LogP contribution in [0.5, 0.6) is 5.75 Å². The number of hydrogen-bond donors (Lipinski definition) is 1. The van der Waals surface area contributed by atoms with E-state index in [1.54, 1.807) is 25.1 Å². The van der Waals surface area contributed by atoms with Gasteiger partial charge < -0.3 is 5.11 Å². The second-order valence-corrected chi connectivity index (χ2v) is 6.10. The number of aromatic hydroxyl groups is 1. The molecule has 106 valence electrons. The molecule has 1 saturated heterocycles. The van der Waals surface area contributed by atoms with Crippen LogP contribution in [0.25, 0.3) is 0 Å². The molecule has 1 aliphatic carbocycles. The fraction of sp³-hybridized carbons (Fsp3) is 0.500. The second kappa shape index (κ2) is 4.62. The van der Waals surface area contributed by atoms with Crippen LogP contribution in [0.1, 0.15) is 44.1 Å². The molecule has 0 bridgehead atoms. The lowest BCUT2D eigenvalue weighted by Gasteiger charge is -2.37. The minimum Gasteiger partial charge on any atom is -0.508 e. The van der Waals surface area contributed by atoms with E-state index < -0.39 is 0 Å². The van der Waals surface area contributed by atoms with Crippen molar-refractivity contribution in [2.75, 3.05) is 4.90 Å². The van der Waals surface area contributed by atoms with Crippen LogP contribution in [0.2, 0.25) is 0 Å². The number of piperidine rings is 1. The quantitative estimate of drug-likeness (QED) is 0.800. The van der Waals surface area contributed by atoms with E-state index in [4.69, 9.17) is 0 Å². The first-order valence-corrected chi connectivity index (χ1v) is 7.17. The summed E-state index contributed by atoms with van der Waals surface area (Å²) in [6, 6.07) is 4.95. The Morgan fingerprint density at radius 1 is 1.10 bits per heavy atom. The summed E-state index contributed by atoms with van der Waals surface area (Å²) >= 11 is 0. The lowest BCUT2D eigenvalue weighted by molar-refractivity contribution is -0.133. The summed E-state index contributed by atoms with van der Waals surface area (Å²) in [5, 5.41) is 9.76. The molecule has 2 fully saturated rings. The van der Waals surface area contributed by atoms with Crippen molar-refractivity contribution in [2.45, 2.75) is 45.4 Å². The molecule has 3 rings (SSSR count). The minimum atomic E-state index is -0.128. The first-order valence-electron chi connectivity index (χ1n) is 7.17. The van der Waals surface area contributed by atoms with Gasteiger partial charge in [0.1, 0.15) is 5.75 Å². The molecular formula is C16H19NO3. The Hall–Kier alpha value is -1.84. The largest absolute Gasteiger partial charge is 0.508 e. The fourth-order valence-corrected chi connectivity index (χ4v) is 3.60. The number of hydrogen-bond acceptors (Lipinski definition) is 3. The van der Waals surface area contributed by atoms with E-state index in [-0.39, 0.29) is 23.0 Å². The van der Waals surface area contributed by atoms with Crippen LogP contribution in [0.15, 0.2) is 18.2 Å². The van der Waals surface area contributed by atoms with Crippen molar-refractivity contribution >= 4 is 17.5 Å². The molecule has 0 atom stereocenters. The van der Waals surface area contributed by atoms with Gasteiger partial charge in [0.05, 0.1) is 5.69 Å². The summed E-state index contributed by atoms with van der Waals surface area (Å²) in [6.45, 7) is 1.73. The topological polar surface area (TPSA) is 57.6 Å². The van der Waals surface area contributed by atoms with Gasteiger partial charge in [-0.05, 0) is 37.3 Å². The van der Waals surface area contributed by atoms with Gasteiger partial charge in [-0.2, -0.15) is 0 Å². The lowest BCUT2D eigenvalue weighted by atomic mass is 9.76.